The Morgan fingerprint density at radius 1 is 0.952 bits per heavy atom. The Morgan fingerprint density at radius 2 is 1.57 bits per heavy atom. The average Bonchev–Trinajstić information content (AvgIpc) is 3.06. The smallest absolute Gasteiger partial charge is 0.0809 e. The minimum atomic E-state index is 0. The van der Waals surface area contributed by atoms with Crippen LogP contribution in [-0.2, 0) is 20.0 Å². The zero-order valence-electron chi connectivity index (χ0n) is 12.8. The van der Waals surface area contributed by atoms with Crippen molar-refractivity contribution in [2.45, 2.75) is 0 Å². The Morgan fingerprint density at radius 3 is 2.00 bits per heavy atom. The molecule has 2 aromatic carbocycles. The second kappa shape index (κ2) is 21.6. The Hall–Kier alpha value is -0.726. The summed E-state index contributed by atoms with van der Waals surface area (Å²) in [5.41, 5.74) is 0. The van der Waals surface area contributed by atoms with Gasteiger partial charge in [0, 0.05) is 0 Å². The van der Waals surface area contributed by atoms with Gasteiger partial charge in [-0.25, -0.2) is 0 Å². The van der Waals surface area contributed by atoms with Crippen LogP contribution in [0.15, 0.2) is 60.8 Å². The predicted octanol–water partition coefficient (Wildman–Crippen LogP) is 5.53. The van der Waals surface area contributed by atoms with Crippen LogP contribution >= 0.6 is 24.8 Å². The number of benzene rings is 1. The van der Waals surface area contributed by atoms with Gasteiger partial charge in [-0.05, 0) is 0 Å². The molecule has 1 N–H and O–H groups in total. The maximum atomic E-state index is 3.25. The van der Waals surface area contributed by atoms with Crippen molar-refractivity contribution in [3.8, 4) is 0 Å². The number of aromatic nitrogens is 1. The maximum absolute atomic E-state index is 3.25. The topological polar surface area (TPSA) is 15.8 Å². The summed E-state index contributed by atoms with van der Waals surface area (Å²) in [6.07, 6.45) is 4.56. The van der Waals surface area contributed by atoms with E-state index in [-0.39, 0.29) is 47.1 Å². The average molecular weight is 361 g/mol. The zero-order chi connectivity index (χ0) is 11.6. The molecular formula is C17H24Cl2NTi-5. The Balaban J connectivity index is -0.0000000639. The van der Waals surface area contributed by atoms with Gasteiger partial charge in [0.05, 0.1) is 0 Å². The number of hydrogen-bond donors (Lipinski definition) is 1. The summed E-state index contributed by atoms with van der Waals surface area (Å²) in [4.78, 5) is 5.99. The van der Waals surface area contributed by atoms with Gasteiger partial charge < -0.3 is 27.3 Å². The van der Waals surface area contributed by atoms with Crippen molar-refractivity contribution >= 4 is 40.4 Å². The monoisotopic (exact) mass is 360 g/mol. The molecule has 0 spiro atoms. The molecule has 0 aliphatic heterocycles. The molecule has 1 heterocycles. The first kappa shape index (κ1) is 32.3. The van der Waals surface area contributed by atoms with Crippen molar-refractivity contribution in [1.29, 1.82) is 0 Å². The summed E-state index contributed by atoms with van der Waals surface area (Å²) in [6.45, 7) is 0. The number of aromatic amines is 1. The van der Waals surface area contributed by atoms with E-state index in [0.29, 0.717) is 0 Å². The fraction of sp³-hybridized carbons (Fsp3) is 0. The molecule has 1 aromatic heterocycles. The summed E-state index contributed by atoms with van der Waals surface area (Å²) in [5, 5.41) is 2.66. The number of hydrogen-bond acceptors (Lipinski definition) is 0. The molecule has 0 amide bonds. The van der Waals surface area contributed by atoms with Gasteiger partial charge >= 0.3 is 24.8 Å². The van der Waals surface area contributed by atoms with Gasteiger partial charge in [0.2, 0.25) is 0 Å². The van der Waals surface area contributed by atoms with Crippen LogP contribution in [-0.4, -0.2) is 9.80 Å². The molecule has 21 heavy (non-hydrogen) atoms. The fourth-order valence-electron chi connectivity index (χ4n) is 1.31. The molecule has 3 rings (SSSR count). The first-order valence-corrected chi connectivity index (χ1v) is 6.02. The molecule has 0 radical (unpaired) electrons. The van der Waals surface area contributed by atoms with E-state index in [1.807, 2.05) is 18.3 Å². The van der Waals surface area contributed by atoms with Crippen LogP contribution in [0.2, 0.25) is 0 Å². The molecule has 0 aliphatic carbocycles. The number of fused-ring (bicyclic) bond motifs is 1. The van der Waals surface area contributed by atoms with Gasteiger partial charge in [0.15, 0.2) is 0 Å². The van der Waals surface area contributed by atoms with Crippen LogP contribution in [0.4, 0.5) is 0 Å². The van der Waals surface area contributed by atoms with Crippen LogP contribution in [0.25, 0.3) is 10.8 Å². The second-order valence-electron chi connectivity index (χ2n) is 2.97. The molecule has 3 aromatic rings. The SMILES string of the molecule is Cl.Cl.[CH2]=[Ti].[CH3-].[CH3-].[CH3-].[c-]1ccc[nH]1.c1ccc2[cH-]ccc2c1. The summed E-state index contributed by atoms with van der Waals surface area (Å²) < 4.78 is 0. The van der Waals surface area contributed by atoms with Gasteiger partial charge in [-0.3, -0.25) is 0 Å². The summed E-state index contributed by atoms with van der Waals surface area (Å²) >= 11 is 1.75. The number of rotatable bonds is 0. The molecule has 0 fully saturated rings. The molecule has 0 atom stereocenters. The molecule has 4 heteroatoms. The van der Waals surface area contributed by atoms with Gasteiger partial charge in [-0.15, -0.1) is 60.7 Å². The number of H-pyrrole nitrogens is 1. The van der Waals surface area contributed by atoms with Gasteiger partial charge in [0.25, 0.3) is 0 Å². The van der Waals surface area contributed by atoms with E-state index in [1.165, 1.54) is 10.8 Å². The molecule has 120 valence electrons. The second-order valence-corrected chi connectivity index (χ2v) is 2.97. The first-order chi connectivity index (χ1) is 7.97. The van der Waals surface area contributed by atoms with Crippen molar-refractivity contribution in [1.82, 2.24) is 4.98 Å². The third-order valence-electron chi connectivity index (χ3n) is 1.99. The van der Waals surface area contributed by atoms with E-state index < -0.39 is 0 Å². The normalized spacial score (nSPS) is 6.43. The van der Waals surface area contributed by atoms with Gasteiger partial charge in [-0.2, -0.15) is 35.8 Å². The summed E-state index contributed by atoms with van der Waals surface area (Å²) in [6, 6.07) is 18.4. The predicted molar refractivity (Wildman–Crippen MR) is 100 cm³/mol. The van der Waals surface area contributed by atoms with E-state index in [0.717, 1.165) is 0 Å². The number of nitrogens with one attached hydrogen (secondary N) is 1. The largest absolute Gasteiger partial charge is 0.484 e. The van der Waals surface area contributed by atoms with Crippen LogP contribution in [0, 0.1) is 28.5 Å². The Bertz CT molecular complexity index is 445. The van der Waals surface area contributed by atoms with E-state index >= 15 is 0 Å². The van der Waals surface area contributed by atoms with E-state index in [9.17, 15) is 0 Å². The molecule has 0 saturated heterocycles. The van der Waals surface area contributed by atoms with Crippen molar-refractivity contribution < 1.29 is 20.0 Å². The molecule has 0 aliphatic rings. The quantitative estimate of drug-likeness (QED) is 0.400. The van der Waals surface area contributed by atoms with Gasteiger partial charge in [-0.1, -0.05) is 6.07 Å². The molecule has 1 nitrogen and oxygen atoms in total. The minimum Gasteiger partial charge on any atom is -0.484 e. The summed E-state index contributed by atoms with van der Waals surface area (Å²) in [5.74, 6) is 0. The molecular weight excluding hydrogens is 337 g/mol. The molecule has 0 bridgehead atoms. The van der Waals surface area contributed by atoms with E-state index in [1.54, 1.807) is 20.0 Å². The minimum absolute atomic E-state index is 0. The van der Waals surface area contributed by atoms with Crippen molar-refractivity contribution in [3.63, 3.8) is 0 Å². The van der Waals surface area contributed by atoms with Gasteiger partial charge in [0.1, 0.15) is 0 Å². The van der Waals surface area contributed by atoms with E-state index in [4.69, 9.17) is 0 Å². The standard InChI is InChI=1S/C9H7.C4H4N.3CH3.CH2.2ClH.Ti/c1-2-5-9-7-3-6-8(9)4-1;1-2-4-5-3-1;;;;;;;/h1-7H;1-3,5H;3*1H3;1H2;2*1H;/q5*-1;;;;. The Kier molecular flexibility index (Phi) is 33.2. The maximum Gasteiger partial charge on any atom is -0.0809 e. The van der Waals surface area contributed by atoms with Crippen LogP contribution in [0.5, 0.6) is 0 Å². The summed E-state index contributed by atoms with van der Waals surface area (Å²) in [7, 11) is 0. The fourth-order valence-corrected chi connectivity index (χ4v) is 1.31. The third-order valence-corrected chi connectivity index (χ3v) is 1.99. The first-order valence-electron chi connectivity index (χ1n) is 4.92. The zero-order valence-corrected chi connectivity index (χ0v) is 16.0. The third kappa shape index (κ3) is 12.7. The van der Waals surface area contributed by atoms with E-state index in [2.05, 4.69) is 58.5 Å². The van der Waals surface area contributed by atoms with Crippen molar-refractivity contribution in [2.24, 2.45) is 0 Å². The number of halogens is 2. The van der Waals surface area contributed by atoms with Crippen LogP contribution in [0.1, 0.15) is 0 Å². The molecule has 0 saturated carbocycles. The van der Waals surface area contributed by atoms with Crippen molar-refractivity contribution in [2.75, 3.05) is 0 Å². The van der Waals surface area contributed by atoms with Crippen LogP contribution in [0.3, 0.4) is 0 Å². The van der Waals surface area contributed by atoms with Crippen molar-refractivity contribution in [3.05, 3.63) is 89.3 Å². The Labute approximate surface area is 154 Å². The molecule has 0 unspecified atom stereocenters. The van der Waals surface area contributed by atoms with Crippen LogP contribution < -0.4 is 0 Å².